The van der Waals surface area contributed by atoms with Crippen LogP contribution in [0.5, 0.6) is 0 Å². The molecule has 0 amide bonds. The molecule has 0 aromatic heterocycles. The molecule has 3 aromatic carbocycles. The average molecular weight is 604 g/mol. The lowest BCUT2D eigenvalue weighted by Gasteiger charge is -2.17. The van der Waals surface area contributed by atoms with E-state index >= 15 is 0 Å². The van der Waals surface area contributed by atoms with Gasteiger partial charge in [-0.05, 0) is 55.0 Å². The molecule has 0 saturated heterocycles. The summed E-state index contributed by atoms with van der Waals surface area (Å²) in [6.45, 7) is 1.08. The predicted octanol–water partition coefficient (Wildman–Crippen LogP) is 4.78. The molecule has 0 aliphatic rings. The van der Waals surface area contributed by atoms with Crippen LogP contribution in [0.2, 0.25) is 5.02 Å². The highest BCUT2D eigenvalue weighted by Crippen LogP contribution is 2.35. The van der Waals surface area contributed by atoms with E-state index in [-0.39, 0.29) is 10.6 Å². The van der Waals surface area contributed by atoms with Crippen LogP contribution in [0.3, 0.4) is 0 Å². The zero-order chi connectivity index (χ0) is 28.0. The summed E-state index contributed by atoms with van der Waals surface area (Å²) in [5, 5.41) is -0.254. The summed E-state index contributed by atoms with van der Waals surface area (Å²) < 4.78 is 143. The Morgan fingerprint density at radius 3 is 1.84 bits per heavy atom. The van der Waals surface area contributed by atoms with Crippen molar-refractivity contribution in [1.82, 2.24) is 4.72 Å². The molecule has 1 atom stereocenters. The van der Waals surface area contributed by atoms with Gasteiger partial charge in [0.25, 0.3) is 0 Å². The number of rotatable bonds is 7. The fourth-order valence-electron chi connectivity index (χ4n) is 3.19. The summed E-state index contributed by atoms with van der Waals surface area (Å²) in [5.74, 6) is -2.94. The first-order chi connectivity index (χ1) is 16.9. The largest absolute Gasteiger partial charge is 0.511 e. The van der Waals surface area contributed by atoms with E-state index in [1.807, 2.05) is 0 Å². The molecule has 0 spiro atoms. The first-order valence-corrected chi connectivity index (χ1v) is 14.6. The van der Waals surface area contributed by atoms with Crippen molar-refractivity contribution < 1.29 is 47.2 Å². The fraction of sp³-hybridized carbons (Fsp3) is 0.143. The molecular formula is C21H15ClF5NO6S3. The van der Waals surface area contributed by atoms with Crippen LogP contribution in [0.15, 0.2) is 80.2 Å². The van der Waals surface area contributed by atoms with Crippen LogP contribution in [-0.2, 0) is 29.7 Å². The third-order valence-corrected chi connectivity index (χ3v) is 10.3. The molecule has 37 heavy (non-hydrogen) atoms. The Labute approximate surface area is 213 Å². The third-order valence-electron chi connectivity index (χ3n) is 5.00. The Hall–Kier alpha value is -2.59. The van der Waals surface area contributed by atoms with Crippen LogP contribution in [0.1, 0.15) is 18.5 Å². The van der Waals surface area contributed by atoms with Crippen LogP contribution in [0, 0.1) is 11.6 Å². The molecule has 16 heteroatoms. The lowest BCUT2D eigenvalue weighted by atomic mass is 10.1. The SMILES string of the molecule is CC(NS(=O)(=O)C(F)(F)F)c1ccc(S(=O)(=O)c2ccc(Cl)cc2S(=O)(=O)c2c(F)cccc2F)cc1. The molecule has 3 rings (SSSR count). The molecule has 0 saturated carbocycles. The first-order valence-electron chi connectivity index (χ1n) is 9.82. The maximum absolute atomic E-state index is 14.3. The summed E-state index contributed by atoms with van der Waals surface area (Å²) >= 11 is 5.84. The van der Waals surface area contributed by atoms with Gasteiger partial charge in [-0.2, -0.15) is 13.2 Å². The second kappa shape index (κ2) is 9.94. The van der Waals surface area contributed by atoms with Gasteiger partial charge in [0.1, 0.15) is 16.5 Å². The minimum Gasteiger partial charge on any atom is -0.218 e. The molecule has 0 aliphatic heterocycles. The Bertz CT molecular complexity index is 1650. The number of hydrogen-bond donors (Lipinski definition) is 1. The number of hydrogen-bond acceptors (Lipinski definition) is 6. The van der Waals surface area contributed by atoms with Gasteiger partial charge in [-0.15, -0.1) is 0 Å². The van der Waals surface area contributed by atoms with Crippen molar-refractivity contribution in [3.8, 4) is 0 Å². The maximum Gasteiger partial charge on any atom is 0.511 e. The summed E-state index contributed by atoms with van der Waals surface area (Å²) in [5.41, 5.74) is -5.62. The van der Waals surface area contributed by atoms with Gasteiger partial charge in [-0.3, -0.25) is 0 Å². The van der Waals surface area contributed by atoms with E-state index in [1.165, 1.54) is 4.72 Å². The zero-order valence-corrected chi connectivity index (χ0v) is 21.5. The normalized spacial score (nSPS) is 13.9. The summed E-state index contributed by atoms with van der Waals surface area (Å²) in [6, 6.07) is 7.21. The number of benzene rings is 3. The lowest BCUT2D eigenvalue weighted by molar-refractivity contribution is -0.0450. The highest BCUT2D eigenvalue weighted by molar-refractivity contribution is 7.94. The zero-order valence-electron chi connectivity index (χ0n) is 18.3. The second-order valence-corrected chi connectivity index (χ2v) is 13.4. The van der Waals surface area contributed by atoms with Crippen molar-refractivity contribution in [3.63, 3.8) is 0 Å². The van der Waals surface area contributed by atoms with E-state index in [2.05, 4.69) is 0 Å². The molecule has 7 nitrogen and oxygen atoms in total. The standard InChI is InChI=1S/C21H15ClF5NO6S3/c1-12(28-37(33,34)21(25,26)27)13-5-8-15(9-6-13)35(29,30)18-10-7-14(22)11-19(18)36(31,32)20-16(23)3-2-4-17(20)24/h2-12,28H,1H3. The Kier molecular flexibility index (Phi) is 7.79. The van der Waals surface area contributed by atoms with E-state index in [9.17, 15) is 47.2 Å². The van der Waals surface area contributed by atoms with Crippen LogP contribution < -0.4 is 4.72 Å². The van der Waals surface area contributed by atoms with Gasteiger partial charge >= 0.3 is 15.5 Å². The lowest BCUT2D eigenvalue weighted by Crippen LogP contribution is -2.37. The number of halogens is 6. The van der Waals surface area contributed by atoms with Crippen LogP contribution >= 0.6 is 11.6 Å². The van der Waals surface area contributed by atoms with Gasteiger partial charge in [-0.25, -0.2) is 38.8 Å². The van der Waals surface area contributed by atoms with Crippen molar-refractivity contribution in [3.05, 3.63) is 82.9 Å². The number of nitrogens with one attached hydrogen (secondary N) is 1. The van der Waals surface area contributed by atoms with Crippen LogP contribution in [0.4, 0.5) is 22.0 Å². The highest BCUT2D eigenvalue weighted by Gasteiger charge is 2.46. The van der Waals surface area contributed by atoms with E-state index < -0.39 is 72.5 Å². The fourth-order valence-corrected chi connectivity index (χ4v) is 7.63. The van der Waals surface area contributed by atoms with Crippen molar-refractivity contribution in [2.45, 2.75) is 38.1 Å². The van der Waals surface area contributed by atoms with Gasteiger partial charge in [-0.1, -0.05) is 29.8 Å². The molecule has 0 heterocycles. The summed E-state index contributed by atoms with van der Waals surface area (Å²) in [7, 11) is -15.5. The predicted molar refractivity (Wildman–Crippen MR) is 122 cm³/mol. The molecule has 0 bridgehead atoms. The van der Waals surface area contributed by atoms with E-state index in [0.717, 1.165) is 49.4 Å². The Morgan fingerprint density at radius 1 is 0.784 bits per heavy atom. The third kappa shape index (κ3) is 5.65. The van der Waals surface area contributed by atoms with Crippen molar-refractivity contribution in [1.29, 1.82) is 0 Å². The molecule has 200 valence electrons. The monoisotopic (exact) mass is 603 g/mol. The van der Waals surface area contributed by atoms with E-state index in [4.69, 9.17) is 11.6 Å². The van der Waals surface area contributed by atoms with Crippen LogP contribution in [0.25, 0.3) is 0 Å². The minimum absolute atomic E-state index is 0.0517. The highest BCUT2D eigenvalue weighted by atomic mass is 35.5. The molecule has 3 aromatic rings. The topological polar surface area (TPSA) is 114 Å². The smallest absolute Gasteiger partial charge is 0.218 e. The van der Waals surface area contributed by atoms with Gasteiger partial charge in [0, 0.05) is 11.1 Å². The molecule has 0 radical (unpaired) electrons. The molecule has 1 N–H and O–H groups in total. The number of alkyl halides is 3. The van der Waals surface area contributed by atoms with Gasteiger partial charge < -0.3 is 0 Å². The summed E-state index contributed by atoms with van der Waals surface area (Å²) in [4.78, 5) is -3.83. The van der Waals surface area contributed by atoms with Gasteiger partial charge in [0.05, 0.1) is 14.7 Å². The molecular weight excluding hydrogens is 589 g/mol. The average Bonchev–Trinajstić information content (AvgIpc) is 2.77. The molecule has 0 aliphatic carbocycles. The Morgan fingerprint density at radius 2 is 1.32 bits per heavy atom. The Balaban J connectivity index is 2.08. The number of sulfone groups is 2. The van der Waals surface area contributed by atoms with Crippen LogP contribution in [-0.4, -0.2) is 30.8 Å². The first kappa shape index (κ1) is 29.0. The van der Waals surface area contributed by atoms with Crippen molar-refractivity contribution >= 4 is 41.3 Å². The molecule has 1 unspecified atom stereocenters. The maximum atomic E-state index is 14.3. The van der Waals surface area contributed by atoms with Crippen molar-refractivity contribution in [2.75, 3.05) is 0 Å². The van der Waals surface area contributed by atoms with E-state index in [1.54, 1.807) is 0 Å². The number of sulfonamides is 1. The quantitative estimate of drug-likeness (QED) is 0.389. The van der Waals surface area contributed by atoms with Crippen molar-refractivity contribution in [2.24, 2.45) is 0 Å². The second-order valence-electron chi connectivity index (χ2n) is 7.51. The van der Waals surface area contributed by atoms with Gasteiger partial charge in [0.2, 0.25) is 19.7 Å². The summed E-state index contributed by atoms with van der Waals surface area (Å²) in [6.07, 6.45) is 0. The van der Waals surface area contributed by atoms with E-state index in [0.29, 0.717) is 18.2 Å². The van der Waals surface area contributed by atoms with Gasteiger partial charge in [0.15, 0.2) is 0 Å². The minimum atomic E-state index is -5.69. The molecule has 0 fully saturated rings.